The first kappa shape index (κ1) is 17.7. The van der Waals surface area contributed by atoms with Gasteiger partial charge in [0.05, 0.1) is 5.56 Å². The van der Waals surface area contributed by atoms with Gasteiger partial charge in [0, 0.05) is 40.4 Å². The van der Waals surface area contributed by atoms with Gasteiger partial charge in [-0.2, -0.15) is 0 Å². The summed E-state index contributed by atoms with van der Waals surface area (Å²) >= 11 is 0. The molecule has 0 aliphatic rings. The second kappa shape index (κ2) is 7.21. The number of pyridine rings is 1. The molecule has 3 heterocycles. The van der Waals surface area contributed by atoms with Gasteiger partial charge < -0.3 is 19.4 Å². The van der Waals surface area contributed by atoms with Gasteiger partial charge in [0.25, 0.3) is 0 Å². The Labute approximate surface area is 170 Å². The third-order valence-electron chi connectivity index (χ3n) is 4.73. The molecule has 0 aliphatic carbocycles. The lowest BCUT2D eigenvalue weighted by atomic mass is 10.2. The zero-order valence-corrected chi connectivity index (χ0v) is 15.6. The highest BCUT2D eigenvalue weighted by Crippen LogP contribution is 2.27. The Morgan fingerprint density at radius 2 is 1.27 bits per heavy atom. The number of para-hydroxylation sites is 2. The zero-order valence-electron chi connectivity index (χ0n) is 15.6. The molecule has 0 unspecified atom stereocenters. The molecule has 146 valence electrons. The highest BCUT2D eigenvalue weighted by Gasteiger charge is 2.23. The van der Waals surface area contributed by atoms with Crippen LogP contribution in [0, 0.1) is 0 Å². The second-order valence-corrected chi connectivity index (χ2v) is 6.58. The number of carbonyl (C=O) groups is 2. The number of hydrogen-bond acceptors (Lipinski definition) is 5. The molecule has 0 saturated heterocycles. The number of hydrogen-bond donors (Lipinski definition) is 2. The van der Waals surface area contributed by atoms with Crippen LogP contribution < -0.4 is 9.47 Å². The van der Waals surface area contributed by atoms with Crippen LogP contribution in [0.1, 0.15) is 20.8 Å². The Bertz CT molecular complexity index is 1290. The van der Waals surface area contributed by atoms with E-state index in [4.69, 9.17) is 9.47 Å². The molecule has 2 aromatic carbocycles. The topological polar surface area (TPSA) is 97.1 Å². The van der Waals surface area contributed by atoms with Crippen molar-refractivity contribution in [1.82, 2.24) is 15.0 Å². The molecular weight excluding hydrogens is 382 g/mol. The van der Waals surface area contributed by atoms with Crippen molar-refractivity contribution in [2.45, 2.75) is 0 Å². The van der Waals surface area contributed by atoms with E-state index in [-0.39, 0.29) is 11.3 Å². The quantitative estimate of drug-likeness (QED) is 0.436. The first-order valence-electron chi connectivity index (χ1n) is 9.22. The fraction of sp³-hybridized carbons (Fsp3) is 0. The largest absolute Gasteiger partial charge is 0.421 e. The van der Waals surface area contributed by atoms with E-state index < -0.39 is 11.9 Å². The Morgan fingerprint density at radius 1 is 0.700 bits per heavy atom. The zero-order chi connectivity index (χ0) is 20.5. The molecular formula is C23H15N3O4. The number of rotatable bonds is 4. The molecule has 7 heteroatoms. The summed E-state index contributed by atoms with van der Waals surface area (Å²) in [7, 11) is 0. The molecule has 30 heavy (non-hydrogen) atoms. The van der Waals surface area contributed by atoms with Crippen molar-refractivity contribution in [3.05, 3.63) is 90.5 Å². The van der Waals surface area contributed by atoms with Crippen molar-refractivity contribution >= 4 is 33.7 Å². The van der Waals surface area contributed by atoms with Crippen molar-refractivity contribution in [2.75, 3.05) is 0 Å². The summed E-state index contributed by atoms with van der Waals surface area (Å²) in [5.74, 6) is -0.711. The summed E-state index contributed by atoms with van der Waals surface area (Å²) < 4.78 is 11.0. The summed E-state index contributed by atoms with van der Waals surface area (Å²) in [5, 5.41) is 1.52. The molecule has 5 rings (SSSR count). The van der Waals surface area contributed by atoms with Gasteiger partial charge in [-0.05, 0) is 36.4 Å². The lowest BCUT2D eigenvalue weighted by molar-refractivity contribution is 0.0689. The summed E-state index contributed by atoms with van der Waals surface area (Å²) in [6.45, 7) is 0. The summed E-state index contributed by atoms with van der Waals surface area (Å²) in [5.41, 5.74) is 1.57. The Balaban J connectivity index is 1.43. The van der Waals surface area contributed by atoms with E-state index in [1.807, 2.05) is 48.5 Å². The maximum Gasteiger partial charge on any atom is 0.363 e. The minimum Gasteiger partial charge on any atom is -0.421 e. The maximum absolute atomic E-state index is 12.8. The number of ether oxygens (including phenoxy) is 2. The van der Waals surface area contributed by atoms with Crippen LogP contribution in [0.4, 0.5) is 0 Å². The molecule has 0 spiro atoms. The number of esters is 2. The average molecular weight is 397 g/mol. The van der Waals surface area contributed by atoms with Gasteiger partial charge >= 0.3 is 11.9 Å². The maximum atomic E-state index is 12.8. The van der Waals surface area contributed by atoms with Crippen LogP contribution in [0.5, 0.6) is 11.5 Å². The standard InChI is InChI=1S/C23H15N3O4/c27-22(29-19-12-25-17-9-3-1-6-14(17)19)16-8-5-11-24-21(16)23(28)30-20-13-26-18-10-4-2-7-15(18)20/h1-13,25-26H. The summed E-state index contributed by atoms with van der Waals surface area (Å²) in [6.07, 6.45) is 4.62. The Morgan fingerprint density at radius 3 is 1.90 bits per heavy atom. The van der Waals surface area contributed by atoms with E-state index in [0.717, 1.165) is 21.8 Å². The predicted octanol–water partition coefficient (Wildman–Crippen LogP) is 4.48. The number of H-pyrrole nitrogens is 2. The number of fused-ring (bicyclic) bond motifs is 2. The number of nitrogens with one attached hydrogen (secondary N) is 2. The smallest absolute Gasteiger partial charge is 0.363 e. The number of carbonyl (C=O) groups excluding carboxylic acids is 2. The second-order valence-electron chi connectivity index (χ2n) is 6.58. The van der Waals surface area contributed by atoms with Gasteiger partial charge in [-0.3, -0.25) is 0 Å². The third-order valence-corrected chi connectivity index (χ3v) is 4.73. The number of nitrogens with zero attached hydrogens (tertiary/aromatic N) is 1. The van der Waals surface area contributed by atoms with E-state index >= 15 is 0 Å². The molecule has 0 fully saturated rings. The van der Waals surface area contributed by atoms with E-state index in [1.54, 1.807) is 18.5 Å². The van der Waals surface area contributed by atoms with E-state index in [1.165, 1.54) is 12.3 Å². The molecule has 7 nitrogen and oxygen atoms in total. The van der Waals surface area contributed by atoms with Crippen molar-refractivity contribution in [3.8, 4) is 11.5 Å². The summed E-state index contributed by atoms with van der Waals surface area (Å²) in [4.78, 5) is 35.7. The minimum absolute atomic E-state index is 0.0209. The van der Waals surface area contributed by atoms with Gasteiger partial charge in [0.2, 0.25) is 0 Å². The molecule has 0 amide bonds. The fourth-order valence-electron chi connectivity index (χ4n) is 3.29. The van der Waals surface area contributed by atoms with Crippen LogP contribution in [-0.4, -0.2) is 26.9 Å². The first-order valence-corrected chi connectivity index (χ1v) is 9.22. The molecule has 0 saturated carbocycles. The predicted molar refractivity (Wildman–Crippen MR) is 111 cm³/mol. The molecule has 0 radical (unpaired) electrons. The van der Waals surface area contributed by atoms with Crippen LogP contribution in [0.15, 0.2) is 79.3 Å². The monoisotopic (exact) mass is 397 g/mol. The molecule has 3 aromatic heterocycles. The van der Waals surface area contributed by atoms with Crippen LogP contribution in [0.25, 0.3) is 21.8 Å². The summed E-state index contributed by atoms with van der Waals surface area (Å²) in [6, 6.07) is 17.9. The molecule has 2 N–H and O–H groups in total. The minimum atomic E-state index is -0.744. The lowest BCUT2D eigenvalue weighted by Gasteiger charge is -2.08. The van der Waals surface area contributed by atoms with E-state index in [2.05, 4.69) is 15.0 Å². The molecule has 0 bridgehead atoms. The number of aromatic amines is 2. The highest BCUT2D eigenvalue weighted by molar-refractivity contribution is 6.04. The van der Waals surface area contributed by atoms with Gasteiger partial charge in [-0.1, -0.05) is 24.3 Å². The number of aromatic nitrogens is 3. The van der Waals surface area contributed by atoms with E-state index in [0.29, 0.717) is 11.5 Å². The SMILES string of the molecule is O=C(Oc1c[nH]c2ccccc12)c1cccnc1C(=O)Oc1c[nH]c2ccccc12. The van der Waals surface area contributed by atoms with Crippen LogP contribution in [0.3, 0.4) is 0 Å². The van der Waals surface area contributed by atoms with Gasteiger partial charge in [0.1, 0.15) is 0 Å². The van der Waals surface area contributed by atoms with Gasteiger partial charge in [-0.15, -0.1) is 0 Å². The van der Waals surface area contributed by atoms with Crippen molar-refractivity contribution in [2.24, 2.45) is 0 Å². The molecule has 0 aliphatic heterocycles. The number of benzene rings is 2. The third kappa shape index (κ3) is 3.08. The van der Waals surface area contributed by atoms with Gasteiger partial charge in [0.15, 0.2) is 17.2 Å². The highest BCUT2D eigenvalue weighted by atomic mass is 16.5. The Hall–Kier alpha value is -4.39. The van der Waals surface area contributed by atoms with Gasteiger partial charge in [-0.25, -0.2) is 14.6 Å². The van der Waals surface area contributed by atoms with Crippen LogP contribution >= 0.6 is 0 Å². The molecule has 0 atom stereocenters. The first-order chi connectivity index (χ1) is 14.7. The lowest BCUT2D eigenvalue weighted by Crippen LogP contribution is -2.19. The average Bonchev–Trinajstić information content (AvgIpc) is 3.38. The van der Waals surface area contributed by atoms with Crippen molar-refractivity contribution in [3.63, 3.8) is 0 Å². The van der Waals surface area contributed by atoms with Crippen molar-refractivity contribution < 1.29 is 19.1 Å². The van der Waals surface area contributed by atoms with Crippen LogP contribution in [-0.2, 0) is 0 Å². The van der Waals surface area contributed by atoms with E-state index in [9.17, 15) is 9.59 Å². The normalized spacial score (nSPS) is 10.9. The fourth-order valence-corrected chi connectivity index (χ4v) is 3.29. The van der Waals surface area contributed by atoms with Crippen molar-refractivity contribution in [1.29, 1.82) is 0 Å². The molecule has 5 aromatic rings. The van der Waals surface area contributed by atoms with Crippen LogP contribution in [0.2, 0.25) is 0 Å². The Kier molecular flexibility index (Phi) is 4.25.